The van der Waals surface area contributed by atoms with Crippen LogP contribution in [-0.4, -0.2) is 13.1 Å². The van der Waals surface area contributed by atoms with Crippen LogP contribution < -0.4 is 11.1 Å². The molecule has 1 aromatic carbocycles. The Labute approximate surface area is 105 Å². The fourth-order valence-electron chi connectivity index (χ4n) is 2.17. The van der Waals surface area contributed by atoms with Crippen LogP contribution in [0.3, 0.4) is 0 Å². The van der Waals surface area contributed by atoms with E-state index in [0.29, 0.717) is 0 Å². The minimum absolute atomic E-state index is 0.173. The predicted molar refractivity (Wildman–Crippen MR) is 72.8 cm³/mol. The Morgan fingerprint density at radius 1 is 1.18 bits per heavy atom. The van der Waals surface area contributed by atoms with Crippen molar-refractivity contribution in [1.29, 1.82) is 0 Å². The molecular formula is C15H24N2. The molecule has 94 valence electrons. The van der Waals surface area contributed by atoms with Crippen molar-refractivity contribution < 1.29 is 0 Å². The normalized spacial score (nSPS) is 17.0. The van der Waals surface area contributed by atoms with Gasteiger partial charge in [-0.25, -0.2) is 0 Å². The van der Waals surface area contributed by atoms with Crippen LogP contribution in [0.4, 0.5) is 0 Å². The van der Waals surface area contributed by atoms with Crippen LogP contribution in [0.15, 0.2) is 30.3 Å². The third-order valence-electron chi connectivity index (χ3n) is 3.52. The summed E-state index contributed by atoms with van der Waals surface area (Å²) in [7, 11) is 0. The maximum atomic E-state index is 6.13. The molecule has 0 aromatic heterocycles. The average molecular weight is 232 g/mol. The lowest BCUT2D eigenvalue weighted by atomic mass is 10.1. The Bertz CT molecular complexity index is 306. The lowest BCUT2D eigenvalue weighted by Crippen LogP contribution is -2.22. The molecule has 2 heteroatoms. The Balaban J connectivity index is 1.52. The SMILES string of the molecule is NC(CCNCCCC1CC1)c1ccccc1. The molecule has 3 N–H and O–H groups in total. The Kier molecular flexibility index (Phi) is 5.02. The summed E-state index contributed by atoms with van der Waals surface area (Å²) in [6, 6.07) is 10.5. The van der Waals surface area contributed by atoms with Gasteiger partial charge in [0.25, 0.3) is 0 Å². The third kappa shape index (κ3) is 4.88. The molecule has 2 rings (SSSR count). The smallest absolute Gasteiger partial charge is 0.0306 e. The second-order valence-corrected chi connectivity index (χ2v) is 5.14. The standard InChI is InChI=1S/C15H24N2/c16-15(14-6-2-1-3-7-14)10-12-17-11-4-5-13-8-9-13/h1-3,6-7,13,15,17H,4-5,8-12,16H2. The quantitative estimate of drug-likeness (QED) is 0.676. The summed E-state index contributed by atoms with van der Waals surface area (Å²) in [6.45, 7) is 2.18. The molecule has 1 unspecified atom stereocenters. The monoisotopic (exact) mass is 232 g/mol. The van der Waals surface area contributed by atoms with Crippen LogP contribution in [0.2, 0.25) is 0 Å². The van der Waals surface area contributed by atoms with E-state index in [-0.39, 0.29) is 6.04 Å². The molecule has 1 aliphatic rings. The van der Waals surface area contributed by atoms with Crippen molar-refractivity contribution in [3.05, 3.63) is 35.9 Å². The molecule has 0 amide bonds. The summed E-state index contributed by atoms with van der Waals surface area (Å²) in [5, 5.41) is 3.49. The van der Waals surface area contributed by atoms with Gasteiger partial charge in [-0.2, -0.15) is 0 Å². The lowest BCUT2D eigenvalue weighted by Gasteiger charge is -2.12. The minimum Gasteiger partial charge on any atom is -0.324 e. The fourth-order valence-corrected chi connectivity index (χ4v) is 2.17. The van der Waals surface area contributed by atoms with Gasteiger partial charge in [-0.05, 0) is 43.8 Å². The molecule has 1 saturated carbocycles. The summed E-state index contributed by atoms with van der Waals surface area (Å²) >= 11 is 0. The zero-order valence-corrected chi connectivity index (χ0v) is 10.6. The zero-order chi connectivity index (χ0) is 11.9. The lowest BCUT2D eigenvalue weighted by molar-refractivity contribution is 0.549. The van der Waals surface area contributed by atoms with Gasteiger partial charge < -0.3 is 11.1 Å². The van der Waals surface area contributed by atoms with Crippen molar-refractivity contribution >= 4 is 0 Å². The molecule has 0 spiro atoms. The largest absolute Gasteiger partial charge is 0.324 e. The van der Waals surface area contributed by atoms with Gasteiger partial charge in [0, 0.05) is 6.04 Å². The molecule has 0 aliphatic heterocycles. The molecule has 0 bridgehead atoms. The van der Waals surface area contributed by atoms with Gasteiger partial charge in [-0.15, -0.1) is 0 Å². The molecule has 0 saturated heterocycles. The second kappa shape index (κ2) is 6.77. The topological polar surface area (TPSA) is 38.0 Å². The van der Waals surface area contributed by atoms with Crippen molar-refractivity contribution in [2.45, 2.75) is 38.1 Å². The van der Waals surface area contributed by atoms with Crippen molar-refractivity contribution in [2.75, 3.05) is 13.1 Å². The summed E-state index contributed by atoms with van der Waals surface area (Å²) in [5.74, 6) is 1.06. The zero-order valence-electron chi connectivity index (χ0n) is 10.6. The van der Waals surface area contributed by atoms with Crippen LogP contribution in [0, 0.1) is 5.92 Å². The predicted octanol–water partition coefficient (Wildman–Crippen LogP) is 2.86. The van der Waals surface area contributed by atoms with E-state index in [9.17, 15) is 0 Å². The average Bonchev–Trinajstić information content (AvgIpc) is 3.18. The minimum atomic E-state index is 0.173. The van der Waals surface area contributed by atoms with E-state index in [1.807, 2.05) is 6.07 Å². The second-order valence-electron chi connectivity index (χ2n) is 5.14. The van der Waals surface area contributed by atoms with Crippen molar-refractivity contribution in [3.63, 3.8) is 0 Å². The summed E-state index contributed by atoms with van der Waals surface area (Å²) in [5.41, 5.74) is 7.37. The van der Waals surface area contributed by atoms with Gasteiger partial charge in [0.1, 0.15) is 0 Å². The van der Waals surface area contributed by atoms with Crippen LogP contribution in [-0.2, 0) is 0 Å². The van der Waals surface area contributed by atoms with E-state index >= 15 is 0 Å². The molecule has 1 atom stereocenters. The van der Waals surface area contributed by atoms with Crippen LogP contribution in [0.5, 0.6) is 0 Å². The summed E-state index contributed by atoms with van der Waals surface area (Å²) < 4.78 is 0. The molecule has 0 heterocycles. The number of hydrogen-bond acceptors (Lipinski definition) is 2. The first-order chi connectivity index (χ1) is 8.36. The molecule has 1 aromatic rings. The van der Waals surface area contributed by atoms with Gasteiger partial charge >= 0.3 is 0 Å². The van der Waals surface area contributed by atoms with Gasteiger partial charge in [0.2, 0.25) is 0 Å². The first-order valence-electron chi connectivity index (χ1n) is 6.87. The van der Waals surface area contributed by atoms with E-state index in [1.54, 1.807) is 0 Å². The highest BCUT2D eigenvalue weighted by atomic mass is 14.9. The number of benzene rings is 1. The Morgan fingerprint density at radius 3 is 2.65 bits per heavy atom. The molecule has 1 aliphatic carbocycles. The van der Waals surface area contributed by atoms with Crippen LogP contribution in [0.25, 0.3) is 0 Å². The molecule has 17 heavy (non-hydrogen) atoms. The van der Waals surface area contributed by atoms with E-state index in [1.165, 1.54) is 31.2 Å². The highest BCUT2D eigenvalue weighted by Gasteiger charge is 2.19. The van der Waals surface area contributed by atoms with Crippen molar-refractivity contribution in [1.82, 2.24) is 5.32 Å². The third-order valence-corrected chi connectivity index (χ3v) is 3.52. The highest BCUT2D eigenvalue weighted by Crippen LogP contribution is 2.33. The van der Waals surface area contributed by atoms with E-state index in [2.05, 4.69) is 29.6 Å². The summed E-state index contributed by atoms with van der Waals surface area (Å²) in [4.78, 5) is 0. The fraction of sp³-hybridized carbons (Fsp3) is 0.600. The van der Waals surface area contributed by atoms with Gasteiger partial charge in [-0.3, -0.25) is 0 Å². The van der Waals surface area contributed by atoms with Crippen LogP contribution in [0.1, 0.15) is 43.7 Å². The number of rotatable bonds is 8. The van der Waals surface area contributed by atoms with Gasteiger partial charge in [-0.1, -0.05) is 43.2 Å². The van der Waals surface area contributed by atoms with Gasteiger partial charge in [0.05, 0.1) is 0 Å². The van der Waals surface area contributed by atoms with Crippen LogP contribution >= 0.6 is 0 Å². The number of hydrogen-bond donors (Lipinski definition) is 2. The Hall–Kier alpha value is -0.860. The first kappa shape index (κ1) is 12.6. The Morgan fingerprint density at radius 2 is 1.94 bits per heavy atom. The maximum Gasteiger partial charge on any atom is 0.0306 e. The molecule has 0 radical (unpaired) electrons. The summed E-state index contributed by atoms with van der Waals surface area (Å²) in [6.07, 6.45) is 6.70. The van der Waals surface area contributed by atoms with Crippen molar-refractivity contribution in [2.24, 2.45) is 11.7 Å². The van der Waals surface area contributed by atoms with E-state index < -0.39 is 0 Å². The first-order valence-corrected chi connectivity index (χ1v) is 6.87. The molecule has 1 fully saturated rings. The van der Waals surface area contributed by atoms with E-state index in [0.717, 1.165) is 25.4 Å². The highest BCUT2D eigenvalue weighted by molar-refractivity contribution is 5.18. The van der Waals surface area contributed by atoms with Gasteiger partial charge in [0.15, 0.2) is 0 Å². The molecule has 2 nitrogen and oxygen atoms in total. The van der Waals surface area contributed by atoms with E-state index in [4.69, 9.17) is 5.73 Å². The maximum absolute atomic E-state index is 6.13. The number of nitrogens with one attached hydrogen (secondary N) is 1. The van der Waals surface area contributed by atoms with Crippen molar-refractivity contribution in [3.8, 4) is 0 Å². The number of nitrogens with two attached hydrogens (primary N) is 1. The molecular weight excluding hydrogens is 208 g/mol.